The van der Waals surface area contributed by atoms with Crippen LogP contribution in [0.2, 0.25) is 0 Å². The zero-order chi connectivity index (χ0) is 23.5. The van der Waals surface area contributed by atoms with Crippen molar-refractivity contribution in [3.8, 4) is 17.2 Å². The lowest BCUT2D eigenvalue weighted by Gasteiger charge is -2.12. The van der Waals surface area contributed by atoms with E-state index in [1.54, 1.807) is 26.0 Å². The molecule has 2 heterocycles. The first-order chi connectivity index (χ1) is 15.9. The number of halogens is 1. The predicted molar refractivity (Wildman–Crippen MR) is 116 cm³/mol. The van der Waals surface area contributed by atoms with Crippen LogP contribution in [-0.4, -0.2) is 39.4 Å². The number of ketones is 1. The highest BCUT2D eigenvalue weighted by molar-refractivity contribution is 5.97. The van der Waals surface area contributed by atoms with Gasteiger partial charge < -0.3 is 19.6 Å². The molecular formula is C24H24FN3O5. The summed E-state index contributed by atoms with van der Waals surface area (Å²) < 4.78 is 25.8. The van der Waals surface area contributed by atoms with Crippen molar-refractivity contribution in [2.75, 3.05) is 6.61 Å². The van der Waals surface area contributed by atoms with Gasteiger partial charge in [-0.25, -0.2) is 14.4 Å². The second-order valence-corrected chi connectivity index (χ2v) is 8.11. The van der Waals surface area contributed by atoms with Gasteiger partial charge in [0.05, 0.1) is 18.4 Å². The first-order valence-electron chi connectivity index (χ1n) is 10.7. The van der Waals surface area contributed by atoms with Gasteiger partial charge >= 0.3 is 0 Å². The van der Waals surface area contributed by atoms with Crippen LogP contribution in [0.5, 0.6) is 5.75 Å². The average Bonchev–Trinajstić information content (AvgIpc) is 3.54. The van der Waals surface area contributed by atoms with Crippen LogP contribution in [0.1, 0.15) is 59.3 Å². The van der Waals surface area contributed by atoms with E-state index in [4.69, 9.17) is 14.3 Å². The van der Waals surface area contributed by atoms with E-state index in [1.807, 2.05) is 0 Å². The third kappa shape index (κ3) is 5.25. The summed E-state index contributed by atoms with van der Waals surface area (Å²) in [5.74, 6) is -0.514. The van der Waals surface area contributed by atoms with E-state index in [-0.39, 0.29) is 29.8 Å². The molecule has 1 aliphatic carbocycles. The van der Waals surface area contributed by atoms with E-state index < -0.39 is 23.9 Å². The van der Waals surface area contributed by atoms with Crippen molar-refractivity contribution in [2.45, 2.75) is 38.8 Å². The predicted octanol–water partition coefficient (Wildman–Crippen LogP) is 3.72. The molecule has 4 rings (SSSR count). The molecule has 0 bridgehead atoms. The van der Waals surface area contributed by atoms with Gasteiger partial charge in [-0.05, 0) is 57.0 Å². The Morgan fingerprint density at radius 3 is 2.70 bits per heavy atom. The number of ether oxygens (including phenoxy) is 1. The normalized spacial score (nSPS) is 15.0. The van der Waals surface area contributed by atoms with Crippen molar-refractivity contribution in [3.05, 3.63) is 65.6 Å². The Bertz CT molecular complexity index is 1160. The molecule has 8 nitrogen and oxygen atoms in total. The number of nitrogens with one attached hydrogen (secondary N) is 1. The van der Waals surface area contributed by atoms with E-state index in [0.29, 0.717) is 22.7 Å². The summed E-state index contributed by atoms with van der Waals surface area (Å²) in [4.78, 5) is 32.7. The Morgan fingerprint density at radius 2 is 2.06 bits per heavy atom. The number of hydrogen-bond acceptors (Lipinski definition) is 7. The molecule has 1 amide bonds. The molecule has 33 heavy (non-hydrogen) atoms. The zero-order valence-electron chi connectivity index (χ0n) is 18.2. The fourth-order valence-corrected chi connectivity index (χ4v) is 3.20. The van der Waals surface area contributed by atoms with Crippen LogP contribution in [0.3, 0.4) is 0 Å². The number of carbonyl (C=O) groups excluding carboxylic acids is 2. The molecule has 1 unspecified atom stereocenters. The molecule has 0 saturated heterocycles. The number of aliphatic hydroxyl groups excluding tert-OH is 1. The Hall–Kier alpha value is -3.59. The molecule has 2 N–H and O–H groups in total. The Morgan fingerprint density at radius 1 is 1.27 bits per heavy atom. The molecule has 3 aromatic rings. The standard InChI is InChI=1S/C24H24FN3O5/c1-13(11-29)27-23(31)18-7-5-16(9-19(18)25)24-28-21(12-32-24)14(2)33-17-6-8-20(26-10-17)22(30)15-3-4-15/h5-10,12-15,29H,3-4,11H2,1-2H3,(H,27,31)/t13-,14?/m1/s1. The van der Waals surface area contributed by atoms with Gasteiger partial charge in [0.1, 0.15) is 35.3 Å². The lowest BCUT2D eigenvalue weighted by atomic mass is 10.1. The van der Waals surface area contributed by atoms with Crippen molar-refractivity contribution in [1.82, 2.24) is 15.3 Å². The number of Topliss-reactive ketones (excluding diaryl/α,β-unsaturated/α-hetero) is 1. The van der Waals surface area contributed by atoms with Crippen LogP contribution < -0.4 is 10.1 Å². The van der Waals surface area contributed by atoms with Crippen LogP contribution in [0, 0.1) is 11.7 Å². The van der Waals surface area contributed by atoms with E-state index in [9.17, 15) is 14.0 Å². The third-order valence-electron chi connectivity index (χ3n) is 5.30. The lowest BCUT2D eigenvalue weighted by molar-refractivity contribution is 0.0917. The Balaban J connectivity index is 1.42. The van der Waals surface area contributed by atoms with Crippen molar-refractivity contribution >= 4 is 11.7 Å². The fourth-order valence-electron chi connectivity index (χ4n) is 3.20. The Labute approximate surface area is 189 Å². The van der Waals surface area contributed by atoms with Crippen molar-refractivity contribution < 1.29 is 28.2 Å². The van der Waals surface area contributed by atoms with E-state index >= 15 is 0 Å². The van der Waals surface area contributed by atoms with Crippen LogP contribution in [0.4, 0.5) is 4.39 Å². The highest BCUT2D eigenvalue weighted by Gasteiger charge is 2.31. The average molecular weight is 453 g/mol. The SMILES string of the molecule is CC(Oc1ccc(C(=O)C2CC2)nc1)c1coc(-c2ccc(C(=O)N[C@H](C)CO)c(F)c2)n1. The van der Waals surface area contributed by atoms with Crippen LogP contribution in [0.15, 0.2) is 47.2 Å². The molecule has 2 aromatic heterocycles. The molecule has 172 valence electrons. The summed E-state index contributed by atoms with van der Waals surface area (Å²) in [5, 5.41) is 11.5. The van der Waals surface area contributed by atoms with Crippen molar-refractivity contribution in [2.24, 2.45) is 5.92 Å². The second-order valence-electron chi connectivity index (χ2n) is 8.11. The van der Waals surface area contributed by atoms with Crippen LogP contribution in [0.25, 0.3) is 11.5 Å². The quantitative estimate of drug-likeness (QED) is 0.475. The number of carbonyl (C=O) groups is 2. The third-order valence-corrected chi connectivity index (χ3v) is 5.30. The molecule has 0 spiro atoms. The highest BCUT2D eigenvalue weighted by atomic mass is 19.1. The molecule has 1 aliphatic rings. The summed E-state index contributed by atoms with van der Waals surface area (Å²) in [6.45, 7) is 3.14. The molecule has 1 fully saturated rings. The molecule has 9 heteroatoms. The molecular weight excluding hydrogens is 429 g/mol. The largest absolute Gasteiger partial charge is 0.483 e. The first kappa shape index (κ1) is 22.6. The van der Waals surface area contributed by atoms with Crippen LogP contribution in [-0.2, 0) is 0 Å². The molecule has 1 saturated carbocycles. The minimum absolute atomic E-state index is 0.0642. The fraction of sp³-hybridized carbons (Fsp3) is 0.333. The van der Waals surface area contributed by atoms with Gasteiger partial charge in [0.2, 0.25) is 5.89 Å². The monoisotopic (exact) mass is 453 g/mol. The minimum atomic E-state index is -0.730. The minimum Gasteiger partial charge on any atom is -0.483 e. The molecule has 0 aliphatic heterocycles. The maximum absolute atomic E-state index is 14.5. The Kier molecular flexibility index (Phi) is 6.50. The van der Waals surface area contributed by atoms with Crippen LogP contribution >= 0.6 is 0 Å². The second kappa shape index (κ2) is 9.50. The van der Waals surface area contributed by atoms with E-state index in [1.165, 1.54) is 30.7 Å². The number of pyridine rings is 1. The summed E-state index contributed by atoms with van der Waals surface area (Å²) in [7, 11) is 0. The maximum Gasteiger partial charge on any atom is 0.254 e. The number of oxazole rings is 1. The van der Waals surface area contributed by atoms with Gasteiger partial charge in [-0.15, -0.1) is 0 Å². The van der Waals surface area contributed by atoms with Crippen molar-refractivity contribution in [3.63, 3.8) is 0 Å². The van der Waals surface area contributed by atoms with Gasteiger partial charge in [0.25, 0.3) is 5.91 Å². The molecule has 0 radical (unpaired) electrons. The highest BCUT2D eigenvalue weighted by Crippen LogP contribution is 2.32. The smallest absolute Gasteiger partial charge is 0.254 e. The number of nitrogens with zero attached hydrogens (tertiary/aromatic N) is 2. The number of aromatic nitrogens is 2. The maximum atomic E-state index is 14.5. The number of hydrogen-bond donors (Lipinski definition) is 2. The van der Waals surface area contributed by atoms with E-state index in [0.717, 1.165) is 12.8 Å². The number of benzene rings is 1. The lowest BCUT2D eigenvalue weighted by Crippen LogP contribution is -2.35. The van der Waals surface area contributed by atoms with Gasteiger partial charge in [-0.3, -0.25) is 9.59 Å². The first-order valence-corrected chi connectivity index (χ1v) is 10.7. The number of aliphatic hydroxyl groups is 1. The number of amides is 1. The summed E-state index contributed by atoms with van der Waals surface area (Å²) >= 11 is 0. The van der Waals surface area contributed by atoms with Crippen molar-refractivity contribution in [1.29, 1.82) is 0 Å². The zero-order valence-corrected chi connectivity index (χ0v) is 18.2. The molecule has 2 atom stereocenters. The molecule has 1 aromatic carbocycles. The van der Waals surface area contributed by atoms with Gasteiger partial charge in [-0.1, -0.05) is 0 Å². The van der Waals surface area contributed by atoms with E-state index in [2.05, 4.69) is 15.3 Å². The topological polar surface area (TPSA) is 115 Å². The van der Waals surface area contributed by atoms with Gasteiger partial charge in [0, 0.05) is 17.5 Å². The number of rotatable bonds is 9. The van der Waals surface area contributed by atoms with Gasteiger partial charge in [0.15, 0.2) is 5.78 Å². The summed E-state index contributed by atoms with van der Waals surface area (Å²) in [5.41, 5.74) is 1.15. The summed E-state index contributed by atoms with van der Waals surface area (Å²) in [6, 6.07) is 6.89. The van der Waals surface area contributed by atoms with Gasteiger partial charge in [-0.2, -0.15) is 0 Å². The summed E-state index contributed by atoms with van der Waals surface area (Å²) in [6.07, 6.45) is 4.29.